The van der Waals surface area contributed by atoms with Gasteiger partial charge in [0.05, 0.1) is 21.5 Å². The Hall–Kier alpha value is -2.40. The zero-order valence-electron chi connectivity index (χ0n) is 15.0. The third kappa shape index (κ3) is 4.36. The highest BCUT2D eigenvalue weighted by atomic mass is 127. The summed E-state index contributed by atoms with van der Waals surface area (Å²) in [6, 6.07) is 11.1. The molecule has 0 radical (unpaired) electrons. The topological polar surface area (TPSA) is 91.3 Å². The molecule has 2 aromatic carbocycles. The molecule has 28 heavy (non-hydrogen) atoms. The fourth-order valence-electron chi connectivity index (χ4n) is 2.45. The van der Waals surface area contributed by atoms with Crippen molar-refractivity contribution in [1.29, 1.82) is 0 Å². The maximum atomic E-state index is 12.6. The number of hydrogen-bond donors (Lipinski definition) is 0. The van der Waals surface area contributed by atoms with Crippen LogP contribution in [0.25, 0.3) is 6.08 Å². The van der Waals surface area contributed by atoms with Crippen LogP contribution in [0.3, 0.4) is 0 Å². The van der Waals surface area contributed by atoms with Crippen molar-refractivity contribution in [2.75, 3.05) is 6.61 Å². The molecule has 146 valence electrons. The van der Waals surface area contributed by atoms with Crippen LogP contribution in [0.2, 0.25) is 0 Å². The van der Waals surface area contributed by atoms with Crippen LogP contribution < -0.4 is 8.92 Å². The predicted molar refractivity (Wildman–Crippen MR) is 112 cm³/mol. The van der Waals surface area contributed by atoms with Crippen molar-refractivity contribution in [2.45, 2.75) is 18.7 Å². The van der Waals surface area contributed by atoms with E-state index in [1.54, 1.807) is 50.3 Å². The van der Waals surface area contributed by atoms with Crippen molar-refractivity contribution in [3.8, 4) is 11.5 Å². The average Bonchev–Trinajstić information content (AvgIpc) is 2.97. The molecule has 0 unspecified atom stereocenters. The van der Waals surface area contributed by atoms with Gasteiger partial charge >= 0.3 is 16.1 Å². The lowest BCUT2D eigenvalue weighted by Crippen LogP contribution is -2.12. The molecule has 1 aliphatic heterocycles. The standard InChI is InChI=1S/C19H16INO6S/c1-3-25-17-11-13(9-15-12(2)21-26-19(15)22)10-16(20)18(17)27-28(23,24)14-7-5-4-6-8-14/h4-11H,3H2,1-2H3/b15-9-. The SMILES string of the molecule is CCOc1cc(/C=C2\C(=O)ON=C2C)cc(I)c1OS(=O)(=O)c1ccccc1. The Kier molecular flexibility index (Phi) is 6.04. The van der Waals surface area contributed by atoms with E-state index >= 15 is 0 Å². The van der Waals surface area contributed by atoms with Gasteiger partial charge in [0.1, 0.15) is 4.90 Å². The highest BCUT2D eigenvalue weighted by molar-refractivity contribution is 14.1. The Labute approximate surface area is 176 Å². The first-order chi connectivity index (χ1) is 13.3. The van der Waals surface area contributed by atoms with Crippen molar-refractivity contribution < 1.29 is 27.0 Å². The minimum atomic E-state index is -4.02. The fourth-order valence-corrected chi connectivity index (χ4v) is 4.31. The first-order valence-electron chi connectivity index (χ1n) is 8.25. The number of carbonyl (C=O) groups is 1. The van der Waals surface area contributed by atoms with E-state index < -0.39 is 16.1 Å². The molecule has 0 saturated heterocycles. The summed E-state index contributed by atoms with van der Waals surface area (Å²) in [5, 5.41) is 3.64. The normalized spacial score (nSPS) is 15.3. The van der Waals surface area contributed by atoms with Gasteiger partial charge in [-0.15, -0.1) is 0 Å². The van der Waals surface area contributed by atoms with Gasteiger partial charge in [-0.05, 0) is 72.3 Å². The van der Waals surface area contributed by atoms with E-state index in [1.165, 1.54) is 12.1 Å². The maximum Gasteiger partial charge on any atom is 0.367 e. The summed E-state index contributed by atoms with van der Waals surface area (Å²) in [6.07, 6.45) is 1.61. The van der Waals surface area contributed by atoms with E-state index in [4.69, 9.17) is 8.92 Å². The summed E-state index contributed by atoms with van der Waals surface area (Å²) in [6.45, 7) is 3.74. The summed E-state index contributed by atoms with van der Waals surface area (Å²) in [5.41, 5.74) is 1.41. The first-order valence-corrected chi connectivity index (χ1v) is 10.7. The quantitative estimate of drug-likeness (QED) is 0.253. The van der Waals surface area contributed by atoms with Crippen molar-refractivity contribution in [2.24, 2.45) is 5.16 Å². The predicted octanol–water partition coefficient (Wildman–Crippen LogP) is 3.77. The molecule has 0 amide bonds. The summed E-state index contributed by atoms with van der Waals surface area (Å²) in [7, 11) is -4.02. The number of hydrogen-bond acceptors (Lipinski definition) is 7. The Morgan fingerprint density at radius 3 is 2.54 bits per heavy atom. The number of oxime groups is 1. The number of rotatable bonds is 6. The lowest BCUT2D eigenvalue weighted by molar-refractivity contribution is -0.136. The molecule has 0 atom stereocenters. The Bertz CT molecular complexity index is 1080. The van der Waals surface area contributed by atoms with Gasteiger partial charge < -0.3 is 13.8 Å². The lowest BCUT2D eigenvalue weighted by atomic mass is 10.1. The zero-order valence-corrected chi connectivity index (χ0v) is 18.0. The second-order valence-corrected chi connectivity index (χ2v) is 8.44. The molecule has 0 fully saturated rings. The number of halogens is 1. The fraction of sp³-hybridized carbons (Fsp3) is 0.158. The van der Waals surface area contributed by atoms with Crippen molar-refractivity contribution >= 4 is 50.5 Å². The number of carbonyl (C=O) groups excluding carboxylic acids is 1. The van der Waals surface area contributed by atoms with Gasteiger partial charge in [0, 0.05) is 0 Å². The van der Waals surface area contributed by atoms with Crippen molar-refractivity contribution in [3.05, 3.63) is 57.2 Å². The van der Waals surface area contributed by atoms with Gasteiger partial charge in [-0.1, -0.05) is 23.4 Å². The van der Waals surface area contributed by atoms with E-state index in [0.717, 1.165) is 0 Å². The minimum Gasteiger partial charge on any atom is -0.490 e. The van der Waals surface area contributed by atoms with Gasteiger partial charge in [-0.25, -0.2) is 4.79 Å². The number of nitrogens with zero attached hydrogens (tertiary/aromatic N) is 1. The lowest BCUT2D eigenvalue weighted by Gasteiger charge is -2.14. The molecular formula is C19H16INO6S. The molecule has 9 heteroatoms. The van der Waals surface area contributed by atoms with Crippen LogP contribution in [0.4, 0.5) is 0 Å². The van der Waals surface area contributed by atoms with Crippen LogP contribution in [-0.2, 0) is 19.8 Å². The van der Waals surface area contributed by atoms with E-state index in [-0.39, 0.29) is 16.4 Å². The third-order valence-corrected chi connectivity index (χ3v) is 5.78. The zero-order chi connectivity index (χ0) is 20.3. The van der Waals surface area contributed by atoms with Crippen molar-refractivity contribution in [3.63, 3.8) is 0 Å². The van der Waals surface area contributed by atoms with Crippen molar-refractivity contribution in [1.82, 2.24) is 0 Å². The molecule has 2 aromatic rings. The van der Waals surface area contributed by atoms with E-state index in [0.29, 0.717) is 27.0 Å². The molecule has 0 spiro atoms. The van der Waals surface area contributed by atoms with E-state index in [1.807, 2.05) is 22.6 Å². The highest BCUT2D eigenvalue weighted by Gasteiger charge is 2.24. The van der Waals surface area contributed by atoms with E-state index in [2.05, 4.69) is 9.99 Å². The van der Waals surface area contributed by atoms with Crippen LogP contribution in [0.15, 0.2) is 58.1 Å². The smallest absolute Gasteiger partial charge is 0.367 e. The Morgan fingerprint density at radius 2 is 1.93 bits per heavy atom. The largest absolute Gasteiger partial charge is 0.490 e. The molecule has 3 rings (SSSR count). The monoisotopic (exact) mass is 513 g/mol. The second kappa shape index (κ2) is 8.31. The summed E-state index contributed by atoms with van der Waals surface area (Å²) < 4.78 is 36.7. The van der Waals surface area contributed by atoms with Crippen LogP contribution in [0.5, 0.6) is 11.5 Å². The molecule has 1 heterocycles. The molecule has 0 aliphatic carbocycles. The molecule has 0 saturated carbocycles. The van der Waals surface area contributed by atoms with Gasteiger partial charge in [0.25, 0.3) is 0 Å². The summed E-state index contributed by atoms with van der Waals surface area (Å²) in [5.74, 6) is -0.202. The molecule has 1 aliphatic rings. The number of benzene rings is 2. The third-order valence-electron chi connectivity index (χ3n) is 3.74. The Balaban J connectivity index is 2.02. The van der Waals surface area contributed by atoms with Crippen LogP contribution in [0.1, 0.15) is 19.4 Å². The molecular weight excluding hydrogens is 497 g/mol. The molecule has 0 N–H and O–H groups in total. The van der Waals surface area contributed by atoms with Gasteiger partial charge in [0.2, 0.25) is 0 Å². The van der Waals surface area contributed by atoms with Crippen LogP contribution in [0, 0.1) is 3.57 Å². The summed E-state index contributed by atoms with van der Waals surface area (Å²) in [4.78, 5) is 16.4. The Morgan fingerprint density at radius 1 is 1.21 bits per heavy atom. The van der Waals surface area contributed by atoms with Gasteiger partial charge in [-0.2, -0.15) is 8.42 Å². The van der Waals surface area contributed by atoms with Crippen LogP contribution in [-0.4, -0.2) is 26.7 Å². The average molecular weight is 513 g/mol. The highest BCUT2D eigenvalue weighted by Crippen LogP contribution is 2.37. The van der Waals surface area contributed by atoms with Crippen LogP contribution >= 0.6 is 22.6 Å². The summed E-state index contributed by atoms with van der Waals surface area (Å²) >= 11 is 1.96. The second-order valence-electron chi connectivity index (χ2n) is 5.73. The maximum absolute atomic E-state index is 12.6. The molecule has 0 bridgehead atoms. The van der Waals surface area contributed by atoms with Gasteiger partial charge in [-0.3, -0.25) is 0 Å². The minimum absolute atomic E-state index is 0.0416. The van der Waals surface area contributed by atoms with Gasteiger partial charge in [0.15, 0.2) is 11.5 Å². The number of ether oxygens (including phenoxy) is 1. The molecule has 7 nitrogen and oxygen atoms in total. The first kappa shape index (κ1) is 20.3. The van der Waals surface area contributed by atoms with E-state index in [9.17, 15) is 13.2 Å². The molecule has 0 aromatic heterocycles.